The zero-order valence-corrected chi connectivity index (χ0v) is 16.3. The first-order chi connectivity index (χ1) is 13.1. The molecule has 1 aromatic heterocycles. The van der Waals surface area contributed by atoms with Gasteiger partial charge in [0.05, 0.1) is 12.8 Å². The number of methoxy groups -OCH3 is 1. The molecule has 0 aliphatic rings. The van der Waals surface area contributed by atoms with Gasteiger partial charge in [-0.1, -0.05) is 48.2 Å². The average molecular weight is 382 g/mol. The molecule has 0 bridgehead atoms. The third kappa shape index (κ3) is 4.59. The summed E-state index contributed by atoms with van der Waals surface area (Å²) in [4.78, 5) is 0. The van der Waals surface area contributed by atoms with Crippen molar-refractivity contribution in [2.24, 2.45) is 5.10 Å². The van der Waals surface area contributed by atoms with Gasteiger partial charge in [0.2, 0.25) is 5.16 Å². The lowest BCUT2D eigenvalue weighted by molar-refractivity contribution is 0.414. The van der Waals surface area contributed by atoms with Crippen LogP contribution in [0.15, 0.2) is 58.8 Å². The molecule has 3 N–H and O–H groups in total. The highest BCUT2D eigenvalue weighted by Crippen LogP contribution is 2.23. The number of aryl methyl sites for hydroxylation is 1. The lowest BCUT2D eigenvalue weighted by Crippen LogP contribution is -2.14. The molecular formula is C19H22N6OS. The van der Waals surface area contributed by atoms with Crippen molar-refractivity contribution in [3.8, 4) is 5.75 Å². The van der Waals surface area contributed by atoms with Crippen molar-refractivity contribution in [3.05, 3.63) is 65.2 Å². The van der Waals surface area contributed by atoms with Crippen molar-refractivity contribution in [2.75, 3.05) is 18.4 Å². The van der Waals surface area contributed by atoms with Crippen molar-refractivity contribution in [1.82, 2.24) is 14.9 Å². The predicted octanol–water partition coefficient (Wildman–Crippen LogP) is 3.44. The molecule has 0 spiro atoms. The summed E-state index contributed by atoms with van der Waals surface area (Å²) in [5, 5.41) is 13.2. The molecule has 2 aromatic carbocycles. The van der Waals surface area contributed by atoms with Crippen LogP contribution in [0.1, 0.15) is 23.6 Å². The van der Waals surface area contributed by atoms with Crippen molar-refractivity contribution in [1.29, 1.82) is 0 Å². The number of nitrogen functional groups attached to an aromatic ring is 1. The topological polar surface area (TPSA) is 90.3 Å². The Hall–Kier alpha value is -3.00. The van der Waals surface area contributed by atoms with Crippen LogP contribution in [-0.2, 0) is 5.75 Å². The number of nitrogens with two attached hydrogens (primary N) is 1. The van der Waals surface area contributed by atoms with Crippen LogP contribution in [0, 0.1) is 6.92 Å². The van der Waals surface area contributed by atoms with Gasteiger partial charge in [-0.05, 0) is 37.1 Å². The van der Waals surface area contributed by atoms with Crippen molar-refractivity contribution >= 4 is 23.4 Å². The van der Waals surface area contributed by atoms with E-state index < -0.39 is 0 Å². The SMILES string of the molecule is COc1cccc(/C(C)=N/Nc2nnc(SCc3ccccc3C)n2N)c1. The van der Waals surface area contributed by atoms with Gasteiger partial charge in [-0.25, -0.2) is 10.1 Å². The standard InChI is InChI=1S/C19H22N6OS/c1-13-7-4-5-8-16(13)12-27-19-24-23-18(25(19)20)22-21-14(2)15-9-6-10-17(11-15)26-3/h4-11H,12,20H2,1-3H3,(H,22,23)/b21-14+. The summed E-state index contributed by atoms with van der Waals surface area (Å²) in [6, 6.07) is 15.9. The van der Waals surface area contributed by atoms with Gasteiger partial charge in [-0.3, -0.25) is 0 Å². The Bertz CT molecular complexity index is 953. The molecule has 140 valence electrons. The zero-order valence-electron chi connectivity index (χ0n) is 15.5. The van der Waals surface area contributed by atoms with Crippen molar-refractivity contribution < 1.29 is 4.74 Å². The molecule has 3 aromatic rings. The van der Waals surface area contributed by atoms with Crippen LogP contribution >= 0.6 is 11.8 Å². The Balaban J connectivity index is 1.67. The van der Waals surface area contributed by atoms with E-state index in [-0.39, 0.29) is 0 Å². The van der Waals surface area contributed by atoms with Gasteiger partial charge in [0.25, 0.3) is 5.95 Å². The fraction of sp³-hybridized carbons (Fsp3) is 0.211. The Kier molecular flexibility index (Phi) is 5.97. The Morgan fingerprint density at radius 2 is 2.04 bits per heavy atom. The van der Waals surface area contributed by atoms with Gasteiger partial charge in [0, 0.05) is 11.3 Å². The first-order valence-electron chi connectivity index (χ1n) is 8.41. The van der Waals surface area contributed by atoms with E-state index in [1.807, 2.05) is 43.3 Å². The van der Waals surface area contributed by atoms with Gasteiger partial charge in [-0.15, -0.1) is 10.2 Å². The Morgan fingerprint density at radius 1 is 1.22 bits per heavy atom. The van der Waals surface area contributed by atoms with E-state index in [1.54, 1.807) is 7.11 Å². The van der Waals surface area contributed by atoms with Crippen LogP contribution in [0.25, 0.3) is 0 Å². The number of aromatic nitrogens is 3. The number of hydrazone groups is 1. The highest BCUT2D eigenvalue weighted by molar-refractivity contribution is 7.98. The summed E-state index contributed by atoms with van der Waals surface area (Å²) in [7, 11) is 1.64. The molecule has 0 aliphatic carbocycles. The minimum atomic E-state index is 0.379. The summed E-state index contributed by atoms with van der Waals surface area (Å²) >= 11 is 1.53. The number of thioether (sulfide) groups is 1. The van der Waals surface area contributed by atoms with E-state index in [1.165, 1.54) is 27.6 Å². The fourth-order valence-electron chi connectivity index (χ4n) is 2.41. The van der Waals surface area contributed by atoms with E-state index in [0.717, 1.165) is 22.8 Å². The Morgan fingerprint density at radius 3 is 2.81 bits per heavy atom. The highest BCUT2D eigenvalue weighted by atomic mass is 32.2. The van der Waals surface area contributed by atoms with E-state index >= 15 is 0 Å². The summed E-state index contributed by atoms with van der Waals surface area (Å²) in [5.74, 6) is 8.02. The number of anilines is 1. The number of nitrogens with zero attached hydrogens (tertiary/aromatic N) is 4. The van der Waals surface area contributed by atoms with Gasteiger partial charge >= 0.3 is 0 Å². The van der Waals surface area contributed by atoms with E-state index in [2.05, 4.69) is 39.8 Å². The average Bonchev–Trinajstić information content (AvgIpc) is 3.05. The first-order valence-corrected chi connectivity index (χ1v) is 9.39. The van der Waals surface area contributed by atoms with Crippen LogP contribution in [0.4, 0.5) is 5.95 Å². The predicted molar refractivity (Wildman–Crippen MR) is 110 cm³/mol. The number of rotatable bonds is 7. The molecule has 0 unspecified atom stereocenters. The van der Waals surface area contributed by atoms with E-state index in [9.17, 15) is 0 Å². The van der Waals surface area contributed by atoms with Crippen LogP contribution in [-0.4, -0.2) is 27.7 Å². The molecule has 0 saturated carbocycles. The summed E-state index contributed by atoms with van der Waals surface area (Å²) in [6.07, 6.45) is 0. The largest absolute Gasteiger partial charge is 0.497 e. The second kappa shape index (κ2) is 8.59. The van der Waals surface area contributed by atoms with E-state index in [4.69, 9.17) is 10.6 Å². The van der Waals surface area contributed by atoms with Crippen LogP contribution in [0.2, 0.25) is 0 Å². The third-order valence-corrected chi connectivity index (χ3v) is 5.09. The lowest BCUT2D eigenvalue weighted by atomic mass is 10.1. The molecular weight excluding hydrogens is 360 g/mol. The number of ether oxygens (including phenoxy) is 1. The molecule has 8 heteroatoms. The van der Waals surface area contributed by atoms with Crippen LogP contribution in [0.3, 0.4) is 0 Å². The summed E-state index contributed by atoms with van der Waals surface area (Å²) in [5.41, 5.74) is 7.09. The van der Waals surface area contributed by atoms with Crippen LogP contribution < -0.4 is 16.0 Å². The lowest BCUT2D eigenvalue weighted by Gasteiger charge is -2.06. The molecule has 7 nitrogen and oxygen atoms in total. The van der Waals surface area contributed by atoms with Crippen LogP contribution in [0.5, 0.6) is 5.75 Å². The summed E-state index contributed by atoms with van der Waals surface area (Å²) < 4.78 is 6.65. The normalized spacial score (nSPS) is 11.4. The minimum absolute atomic E-state index is 0.379. The van der Waals surface area contributed by atoms with Gasteiger partial charge in [0.15, 0.2) is 0 Å². The summed E-state index contributed by atoms with van der Waals surface area (Å²) in [6.45, 7) is 3.99. The monoisotopic (exact) mass is 382 g/mol. The zero-order chi connectivity index (χ0) is 19.2. The molecule has 27 heavy (non-hydrogen) atoms. The highest BCUT2D eigenvalue weighted by Gasteiger charge is 2.11. The number of hydrogen-bond donors (Lipinski definition) is 2. The molecule has 1 heterocycles. The smallest absolute Gasteiger partial charge is 0.264 e. The van der Waals surface area contributed by atoms with Gasteiger partial charge < -0.3 is 10.6 Å². The molecule has 0 atom stereocenters. The quantitative estimate of drug-likeness (QED) is 0.282. The molecule has 0 fully saturated rings. The van der Waals surface area contributed by atoms with Crippen molar-refractivity contribution in [2.45, 2.75) is 24.8 Å². The number of benzene rings is 2. The molecule has 0 amide bonds. The maximum absolute atomic E-state index is 6.10. The molecule has 0 radical (unpaired) electrons. The first kappa shape index (κ1) is 18.8. The Labute approximate surface area is 162 Å². The number of hydrogen-bond acceptors (Lipinski definition) is 7. The number of nitrogens with one attached hydrogen (secondary N) is 1. The van der Waals surface area contributed by atoms with Gasteiger partial charge in [0.1, 0.15) is 5.75 Å². The third-order valence-electron chi connectivity index (χ3n) is 4.09. The fourth-order valence-corrected chi connectivity index (χ4v) is 3.35. The maximum Gasteiger partial charge on any atom is 0.264 e. The second-order valence-electron chi connectivity index (χ2n) is 5.93. The van der Waals surface area contributed by atoms with Crippen molar-refractivity contribution in [3.63, 3.8) is 0 Å². The maximum atomic E-state index is 6.10. The minimum Gasteiger partial charge on any atom is -0.497 e. The molecule has 0 aliphatic heterocycles. The van der Waals surface area contributed by atoms with Gasteiger partial charge in [-0.2, -0.15) is 5.10 Å². The molecule has 0 saturated heterocycles. The second-order valence-corrected chi connectivity index (χ2v) is 6.87. The van der Waals surface area contributed by atoms with E-state index in [0.29, 0.717) is 11.1 Å². The molecule has 3 rings (SSSR count).